The molecule has 0 saturated heterocycles. The fourth-order valence-corrected chi connectivity index (χ4v) is 1.42. The first-order chi connectivity index (χ1) is 8.15. The van der Waals surface area contributed by atoms with Crippen LogP contribution in [0.2, 0.25) is 0 Å². The quantitative estimate of drug-likeness (QED) is 0.878. The van der Waals surface area contributed by atoms with Crippen LogP contribution in [0.3, 0.4) is 0 Å². The number of ether oxygens (including phenoxy) is 1. The van der Waals surface area contributed by atoms with Gasteiger partial charge in [-0.15, -0.1) is 0 Å². The van der Waals surface area contributed by atoms with E-state index in [-0.39, 0.29) is 11.6 Å². The third-order valence-electron chi connectivity index (χ3n) is 2.49. The van der Waals surface area contributed by atoms with E-state index in [1.807, 2.05) is 0 Å². The highest BCUT2D eigenvalue weighted by Crippen LogP contribution is 2.18. The lowest BCUT2D eigenvalue weighted by molar-refractivity contribution is 0.304. The average molecular weight is 232 g/mol. The number of rotatable bonds is 3. The molecule has 17 heavy (non-hydrogen) atoms. The zero-order valence-corrected chi connectivity index (χ0v) is 9.48. The van der Waals surface area contributed by atoms with Crippen molar-refractivity contribution in [2.45, 2.75) is 13.5 Å². The van der Waals surface area contributed by atoms with Crippen LogP contribution in [0, 0.1) is 12.7 Å². The molecule has 0 aliphatic rings. The van der Waals surface area contributed by atoms with E-state index in [1.54, 1.807) is 43.3 Å². The molecular weight excluding hydrogens is 219 g/mol. The van der Waals surface area contributed by atoms with Crippen LogP contribution < -0.4 is 4.74 Å². The van der Waals surface area contributed by atoms with Crippen molar-refractivity contribution in [1.82, 2.24) is 0 Å². The van der Waals surface area contributed by atoms with Crippen LogP contribution in [0.15, 0.2) is 42.5 Å². The molecule has 0 bridgehead atoms. The minimum Gasteiger partial charge on any atom is -0.508 e. The molecule has 88 valence electrons. The Hall–Kier alpha value is -2.03. The van der Waals surface area contributed by atoms with Crippen molar-refractivity contribution in [1.29, 1.82) is 0 Å². The van der Waals surface area contributed by atoms with Crippen LogP contribution in [0.1, 0.15) is 11.1 Å². The second-order valence-electron chi connectivity index (χ2n) is 3.87. The molecule has 0 aliphatic carbocycles. The lowest BCUT2D eigenvalue weighted by Gasteiger charge is -2.07. The van der Waals surface area contributed by atoms with Gasteiger partial charge >= 0.3 is 0 Å². The number of phenols is 1. The number of benzene rings is 2. The zero-order valence-electron chi connectivity index (χ0n) is 9.48. The van der Waals surface area contributed by atoms with Gasteiger partial charge in [0, 0.05) is 6.07 Å². The summed E-state index contributed by atoms with van der Waals surface area (Å²) in [4.78, 5) is 0. The smallest absolute Gasteiger partial charge is 0.129 e. The highest BCUT2D eigenvalue weighted by molar-refractivity contribution is 5.29. The monoisotopic (exact) mass is 232 g/mol. The molecule has 0 radical (unpaired) electrons. The Morgan fingerprint density at radius 1 is 1.12 bits per heavy atom. The van der Waals surface area contributed by atoms with Gasteiger partial charge in [0.2, 0.25) is 0 Å². The maximum atomic E-state index is 13.2. The van der Waals surface area contributed by atoms with E-state index in [1.165, 1.54) is 6.07 Å². The fraction of sp³-hybridized carbons (Fsp3) is 0.143. The minimum atomic E-state index is -0.270. The minimum absolute atomic E-state index is 0.218. The first kappa shape index (κ1) is 11.5. The molecule has 1 N–H and O–H groups in total. The number of phenolic OH excluding ortho intramolecular Hbond substituents is 1. The molecule has 2 aromatic rings. The van der Waals surface area contributed by atoms with Gasteiger partial charge in [0.1, 0.15) is 23.9 Å². The largest absolute Gasteiger partial charge is 0.508 e. The van der Waals surface area contributed by atoms with Crippen molar-refractivity contribution in [2.75, 3.05) is 0 Å². The molecule has 2 rings (SSSR count). The van der Waals surface area contributed by atoms with Crippen LogP contribution >= 0.6 is 0 Å². The second kappa shape index (κ2) is 4.87. The van der Waals surface area contributed by atoms with Gasteiger partial charge in [-0.2, -0.15) is 0 Å². The SMILES string of the molecule is Cc1ccc(OCc2ccc(O)cc2)cc1F. The normalized spacial score (nSPS) is 10.2. The number of hydrogen-bond acceptors (Lipinski definition) is 2. The second-order valence-corrected chi connectivity index (χ2v) is 3.87. The van der Waals surface area contributed by atoms with Crippen LogP contribution in [-0.2, 0) is 6.61 Å². The predicted molar refractivity (Wildman–Crippen MR) is 63.6 cm³/mol. The van der Waals surface area contributed by atoms with Gasteiger partial charge in [0.15, 0.2) is 0 Å². The van der Waals surface area contributed by atoms with Gasteiger partial charge in [0.05, 0.1) is 0 Å². The Kier molecular flexibility index (Phi) is 3.28. The van der Waals surface area contributed by atoms with Gasteiger partial charge in [0.25, 0.3) is 0 Å². The summed E-state index contributed by atoms with van der Waals surface area (Å²) in [5.74, 6) is 0.449. The van der Waals surface area contributed by atoms with Crippen molar-refractivity contribution in [3.63, 3.8) is 0 Å². The number of aryl methyl sites for hydroxylation is 1. The van der Waals surface area contributed by atoms with E-state index in [4.69, 9.17) is 9.84 Å². The lowest BCUT2D eigenvalue weighted by atomic mass is 10.2. The van der Waals surface area contributed by atoms with E-state index in [0.717, 1.165) is 5.56 Å². The van der Waals surface area contributed by atoms with Gasteiger partial charge < -0.3 is 9.84 Å². The van der Waals surface area contributed by atoms with E-state index >= 15 is 0 Å². The van der Waals surface area contributed by atoms with Gasteiger partial charge in [-0.1, -0.05) is 18.2 Å². The summed E-state index contributed by atoms with van der Waals surface area (Å²) >= 11 is 0. The molecule has 2 nitrogen and oxygen atoms in total. The van der Waals surface area contributed by atoms with E-state index in [9.17, 15) is 4.39 Å². The van der Waals surface area contributed by atoms with Crippen LogP contribution in [-0.4, -0.2) is 5.11 Å². The molecule has 0 fully saturated rings. The van der Waals surface area contributed by atoms with Crippen LogP contribution in [0.25, 0.3) is 0 Å². The first-order valence-corrected chi connectivity index (χ1v) is 5.32. The predicted octanol–water partition coefficient (Wildman–Crippen LogP) is 3.42. The molecule has 0 aliphatic heterocycles. The zero-order chi connectivity index (χ0) is 12.3. The molecular formula is C14H13FO2. The average Bonchev–Trinajstić information content (AvgIpc) is 2.33. The van der Waals surface area contributed by atoms with E-state index in [0.29, 0.717) is 17.9 Å². The highest BCUT2D eigenvalue weighted by atomic mass is 19.1. The Bertz CT molecular complexity index is 506. The summed E-state index contributed by atoms with van der Waals surface area (Å²) in [7, 11) is 0. The first-order valence-electron chi connectivity index (χ1n) is 5.32. The topological polar surface area (TPSA) is 29.5 Å². The molecule has 0 amide bonds. The number of halogens is 1. The summed E-state index contributed by atoms with van der Waals surface area (Å²) in [6.45, 7) is 2.06. The Morgan fingerprint density at radius 3 is 2.47 bits per heavy atom. The van der Waals surface area contributed by atoms with Crippen LogP contribution in [0.4, 0.5) is 4.39 Å². The van der Waals surface area contributed by atoms with E-state index < -0.39 is 0 Å². The van der Waals surface area contributed by atoms with Gasteiger partial charge in [-0.3, -0.25) is 0 Å². The summed E-state index contributed by atoms with van der Waals surface area (Å²) in [5.41, 5.74) is 1.52. The third-order valence-corrected chi connectivity index (χ3v) is 2.49. The maximum Gasteiger partial charge on any atom is 0.129 e. The van der Waals surface area contributed by atoms with Crippen LogP contribution in [0.5, 0.6) is 11.5 Å². The summed E-state index contributed by atoms with van der Waals surface area (Å²) in [6, 6.07) is 11.5. The van der Waals surface area contributed by atoms with E-state index in [2.05, 4.69) is 0 Å². The Labute approximate surface area is 99.3 Å². The molecule has 0 saturated carbocycles. The third kappa shape index (κ3) is 2.97. The van der Waals surface area contributed by atoms with Crippen molar-refractivity contribution >= 4 is 0 Å². The van der Waals surface area contributed by atoms with Gasteiger partial charge in [-0.25, -0.2) is 4.39 Å². The summed E-state index contributed by atoms with van der Waals surface area (Å²) in [5, 5.41) is 9.12. The Balaban J connectivity index is 2.02. The fourth-order valence-electron chi connectivity index (χ4n) is 1.42. The van der Waals surface area contributed by atoms with Crippen molar-refractivity contribution in [3.05, 3.63) is 59.4 Å². The molecule has 0 heterocycles. The van der Waals surface area contributed by atoms with Crippen molar-refractivity contribution < 1.29 is 14.2 Å². The highest BCUT2D eigenvalue weighted by Gasteiger charge is 2.00. The molecule has 2 aromatic carbocycles. The maximum absolute atomic E-state index is 13.2. The number of hydrogen-bond donors (Lipinski definition) is 1. The van der Waals surface area contributed by atoms with Crippen molar-refractivity contribution in [3.8, 4) is 11.5 Å². The van der Waals surface area contributed by atoms with Gasteiger partial charge in [-0.05, 0) is 36.2 Å². The molecule has 0 aromatic heterocycles. The molecule has 0 unspecified atom stereocenters. The summed E-state index contributed by atoms with van der Waals surface area (Å²) < 4.78 is 18.7. The van der Waals surface area contributed by atoms with Crippen molar-refractivity contribution in [2.24, 2.45) is 0 Å². The molecule has 0 atom stereocenters. The molecule has 3 heteroatoms. The lowest BCUT2D eigenvalue weighted by Crippen LogP contribution is -1.95. The standard InChI is InChI=1S/C14H13FO2/c1-10-2-7-13(8-14(10)15)17-9-11-3-5-12(16)6-4-11/h2-8,16H,9H2,1H3. The number of aromatic hydroxyl groups is 1. The Morgan fingerprint density at radius 2 is 1.82 bits per heavy atom. The summed E-state index contributed by atoms with van der Waals surface area (Å²) in [6.07, 6.45) is 0. The molecule has 0 spiro atoms.